The van der Waals surface area contributed by atoms with Gasteiger partial charge in [0, 0.05) is 11.8 Å². The van der Waals surface area contributed by atoms with Crippen LogP contribution in [0.2, 0.25) is 0 Å². The Labute approximate surface area is 114 Å². The van der Waals surface area contributed by atoms with Crippen LogP contribution in [0, 0.1) is 0 Å². The van der Waals surface area contributed by atoms with Crippen molar-refractivity contribution in [3.8, 4) is 0 Å². The van der Waals surface area contributed by atoms with Crippen molar-refractivity contribution < 1.29 is 19.8 Å². The molecule has 0 fully saturated rings. The molecular weight excluding hydrogens is 270 g/mol. The highest BCUT2D eigenvalue weighted by atomic mass is 32.2. The average molecular weight is 285 g/mol. The molecule has 0 radical (unpaired) electrons. The molecule has 19 heavy (non-hydrogen) atoms. The van der Waals surface area contributed by atoms with Crippen molar-refractivity contribution in [3.05, 3.63) is 18.1 Å². The van der Waals surface area contributed by atoms with Crippen LogP contribution >= 0.6 is 11.8 Å². The molecular formula is C11H15N3O4S. The minimum absolute atomic E-state index is 0.252. The number of rotatable bonds is 8. The lowest BCUT2D eigenvalue weighted by Crippen LogP contribution is -2.31. The van der Waals surface area contributed by atoms with Gasteiger partial charge in [0.1, 0.15) is 18.2 Å². The van der Waals surface area contributed by atoms with Gasteiger partial charge in [0.05, 0.1) is 6.42 Å². The minimum Gasteiger partial charge on any atom is -0.481 e. The van der Waals surface area contributed by atoms with E-state index in [-0.39, 0.29) is 12.2 Å². The third-order valence-corrected chi connectivity index (χ3v) is 2.99. The van der Waals surface area contributed by atoms with Gasteiger partial charge in [-0.1, -0.05) is 0 Å². The van der Waals surface area contributed by atoms with Crippen molar-refractivity contribution in [2.75, 3.05) is 17.3 Å². The van der Waals surface area contributed by atoms with Crippen LogP contribution < -0.4 is 5.32 Å². The van der Waals surface area contributed by atoms with Crippen LogP contribution in [0.5, 0.6) is 0 Å². The van der Waals surface area contributed by atoms with E-state index in [0.29, 0.717) is 17.7 Å². The summed E-state index contributed by atoms with van der Waals surface area (Å²) in [5, 5.41) is 20.6. The van der Waals surface area contributed by atoms with Crippen LogP contribution in [0.1, 0.15) is 12.0 Å². The van der Waals surface area contributed by atoms with E-state index in [9.17, 15) is 9.59 Å². The fourth-order valence-electron chi connectivity index (χ4n) is 1.44. The zero-order valence-corrected chi connectivity index (χ0v) is 11.2. The van der Waals surface area contributed by atoms with E-state index in [1.54, 1.807) is 11.8 Å². The highest BCUT2D eigenvalue weighted by molar-refractivity contribution is 7.98. The molecule has 1 aromatic rings. The monoisotopic (exact) mass is 285 g/mol. The Kier molecular flexibility index (Phi) is 6.07. The number of anilines is 1. The average Bonchev–Trinajstić information content (AvgIpc) is 2.35. The summed E-state index contributed by atoms with van der Waals surface area (Å²) in [6.45, 7) is 0. The van der Waals surface area contributed by atoms with Crippen LogP contribution in [0.15, 0.2) is 12.5 Å². The highest BCUT2D eigenvalue weighted by Crippen LogP contribution is 2.14. The Hall–Kier alpha value is -1.83. The standard InChI is InChI=1S/C11H15N3O4S/c1-19-3-2-8(11(17)18)14-10-7(4-9(15)16)5-12-6-13-10/h5-6,8H,2-4H2,1H3,(H,15,16)(H,17,18)(H,12,13,14)/t8-/m0/s1. The van der Waals surface area contributed by atoms with Crippen molar-refractivity contribution in [1.82, 2.24) is 9.97 Å². The first-order valence-corrected chi connectivity index (χ1v) is 6.93. The van der Waals surface area contributed by atoms with Crippen LogP contribution in [0.4, 0.5) is 5.82 Å². The number of hydrogen-bond donors (Lipinski definition) is 3. The summed E-state index contributed by atoms with van der Waals surface area (Å²) in [6, 6.07) is -0.796. The molecule has 0 unspecified atom stereocenters. The maximum atomic E-state index is 11.1. The molecule has 0 aliphatic carbocycles. The molecule has 8 heteroatoms. The number of hydrogen-bond acceptors (Lipinski definition) is 6. The molecule has 3 N–H and O–H groups in total. The summed E-state index contributed by atoms with van der Waals surface area (Å²) in [5.74, 6) is -1.07. The maximum Gasteiger partial charge on any atom is 0.326 e. The fraction of sp³-hybridized carbons (Fsp3) is 0.455. The van der Waals surface area contributed by atoms with Gasteiger partial charge in [-0.15, -0.1) is 0 Å². The van der Waals surface area contributed by atoms with Crippen LogP contribution in [-0.2, 0) is 16.0 Å². The second-order valence-electron chi connectivity index (χ2n) is 3.78. The van der Waals surface area contributed by atoms with Gasteiger partial charge in [0.15, 0.2) is 0 Å². The van der Waals surface area contributed by atoms with Crippen molar-refractivity contribution >= 4 is 29.5 Å². The van der Waals surface area contributed by atoms with Crippen molar-refractivity contribution in [2.45, 2.75) is 18.9 Å². The van der Waals surface area contributed by atoms with Gasteiger partial charge >= 0.3 is 11.9 Å². The number of nitrogens with zero attached hydrogens (tertiary/aromatic N) is 2. The van der Waals surface area contributed by atoms with E-state index in [4.69, 9.17) is 10.2 Å². The van der Waals surface area contributed by atoms with Crippen LogP contribution in [-0.4, -0.2) is 50.2 Å². The first-order chi connectivity index (χ1) is 9.04. The molecule has 0 spiro atoms. The van der Waals surface area contributed by atoms with Crippen LogP contribution in [0.25, 0.3) is 0 Å². The van der Waals surface area contributed by atoms with Gasteiger partial charge in [-0.25, -0.2) is 14.8 Å². The predicted octanol–water partition coefficient (Wildman–Crippen LogP) is 0.722. The second-order valence-corrected chi connectivity index (χ2v) is 4.77. The van der Waals surface area contributed by atoms with Gasteiger partial charge in [-0.05, 0) is 18.4 Å². The van der Waals surface area contributed by atoms with Gasteiger partial charge < -0.3 is 15.5 Å². The number of carboxylic acid groups (broad SMARTS) is 2. The lowest BCUT2D eigenvalue weighted by Gasteiger charge is -2.16. The maximum absolute atomic E-state index is 11.1. The van der Waals surface area contributed by atoms with E-state index in [1.165, 1.54) is 12.5 Å². The summed E-state index contributed by atoms with van der Waals surface area (Å²) >= 11 is 1.54. The fourth-order valence-corrected chi connectivity index (χ4v) is 1.91. The predicted molar refractivity (Wildman–Crippen MR) is 71.4 cm³/mol. The van der Waals surface area contributed by atoms with E-state index in [0.717, 1.165) is 0 Å². The smallest absolute Gasteiger partial charge is 0.326 e. The number of nitrogens with one attached hydrogen (secondary N) is 1. The SMILES string of the molecule is CSCC[C@H](Nc1ncncc1CC(=O)O)C(=O)O. The Bertz CT molecular complexity index is 455. The zero-order valence-electron chi connectivity index (χ0n) is 10.4. The van der Waals surface area contributed by atoms with E-state index < -0.39 is 18.0 Å². The van der Waals surface area contributed by atoms with E-state index in [1.807, 2.05) is 6.26 Å². The molecule has 0 aromatic carbocycles. The Morgan fingerprint density at radius 3 is 2.79 bits per heavy atom. The lowest BCUT2D eigenvalue weighted by molar-refractivity contribution is -0.138. The molecule has 1 atom stereocenters. The van der Waals surface area contributed by atoms with Crippen molar-refractivity contribution in [2.24, 2.45) is 0 Å². The Balaban J connectivity index is 2.83. The summed E-state index contributed by atoms with van der Waals surface area (Å²) in [4.78, 5) is 29.5. The highest BCUT2D eigenvalue weighted by Gasteiger charge is 2.19. The Morgan fingerprint density at radius 2 is 2.21 bits per heavy atom. The third-order valence-electron chi connectivity index (χ3n) is 2.35. The number of aromatic nitrogens is 2. The molecule has 0 amide bonds. The molecule has 0 saturated heterocycles. The molecule has 1 aromatic heterocycles. The van der Waals surface area contributed by atoms with Gasteiger partial charge in [0.2, 0.25) is 0 Å². The number of thioether (sulfide) groups is 1. The van der Waals surface area contributed by atoms with Crippen LogP contribution in [0.3, 0.4) is 0 Å². The van der Waals surface area contributed by atoms with E-state index in [2.05, 4.69) is 15.3 Å². The first kappa shape index (κ1) is 15.2. The zero-order chi connectivity index (χ0) is 14.3. The topological polar surface area (TPSA) is 112 Å². The van der Waals surface area contributed by atoms with Gasteiger partial charge in [-0.3, -0.25) is 4.79 Å². The normalized spacial score (nSPS) is 11.8. The number of carbonyl (C=O) groups is 2. The van der Waals surface area contributed by atoms with Gasteiger partial charge in [0.25, 0.3) is 0 Å². The third kappa shape index (κ3) is 5.12. The molecule has 1 rings (SSSR count). The first-order valence-electron chi connectivity index (χ1n) is 5.53. The van der Waals surface area contributed by atoms with Gasteiger partial charge in [-0.2, -0.15) is 11.8 Å². The summed E-state index contributed by atoms with van der Waals surface area (Å²) in [5.41, 5.74) is 0.366. The number of aliphatic carboxylic acids is 2. The number of carboxylic acids is 2. The van der Waals surface area contributed by atoms with Crippen molar-refractivity contribution in [3.63, 3.8) is 0 Å². The summed E-state index contributed by atoms with van der Waals surface area (Å²) in [7, 11) is 0. The summed E-state index contributed by atoms with van der Waals surface area (Å²) in [6.07, 6.45) is 4.68. The molecule has 7 nitrogen and oxygen atoms in total. The largest absolute Gasteiger partial charge is 0.481 e. The quantitative estimate of drug-likeness (QED) is 0.640. The molecule has 1 heterocycles. The second kappa shape index (κ2) is 7.57. The molecule has 104 valence electrons. The van der Waals surface area contributed by atoms with E-state index >= 15 is 0 Å². The minimum atomic E-state index is -1.02. The molecule has 0 saturated carbocycles. The molecule has 0 bridgehead atoms. The lowest BCUT2D eigenvalue weighted by atomic mass is 10.2. The Morgan fingerprint density at radius 1 is 1.47 bits per heavy atom. The molecule has 0 aliphatic rings. The molecule has 0 aliphatic heterocycles. The van der Waals surface area contributed by atoms with Crippen molar-refractivity contribution in [1.29, 1.82) is 0 Å². The summed E-state index contributed by atoms with van der Waals surface area (Å²) < 4.78 is 0.